The van der Waals surface area contributed by atoms with Gasteiger partial charge in [-0.1, -0.05) is 212 Å². The molecule has 390 valence electrons. The van der Waals surface area contributed by atoms with Gasteiger partial charge in [0.25, 0.3) is 0 Å². The molecule has 0 aromatic carbocycles. The van der Waals surface area contributed by atoms with Crippen LogP contribution in [0.2, 0.25) is 0 Å². The Hall–Kier alpha value is -1.22. The van der Waals surface area contributed by atoms with Crippen LogP contribution in [-0.4, -0.2) is 108 Å². The molecule has 1 amide bonds. The molecule has 0 saturated heterocycles. The number of carbonyl (C=O) groups excluding carboxylic acids is 1. The third-order valence-electron chi connectivity index (χ3n) is 13.1. The van der Waals surface area contributed by atoms with Gasteiger partial charge in [-0.2, -0.15) is 0 Å². The summed E-state index contributed by atoms with van der Waals surface area (Å²) in [5.41, 5.74) is 0. The lowest BCUT2D eigenvalue weighted by atomic mass is 9.85. The van der Waals surface area contributed by atoms with Crippen molar-refractivity contribution in [2.75, 3.05) is 6.61 Å². The van der Waals surface area contributed by atoms with Gasteiger partial charge in [-0.3, -0.25) is 13.8 Å². The average molecular weight is 962 g/mol. The molecule has 1 rings (SSSR count). The second kappa shape index (κ2) is 41.6. The van der Waals surface area contributed by atoms with Crippen LogP contribution in [-0.2, 0) is 18.4 Å². The van der Waals surface area contributed by atoms with Crippen LogP contribution in [0.1, 0.15) is 239 Å². The van der Waals surface area contributed by atoms with Crippen molar-refractivity contribution < 1.29 is 59.0 Å². The van der Waals surface area contributed by atoms with Crippen LogP contribution >= 0.6 is 7.82 Å². The molecular weight excluding hydrogens is 862 g/mol. The third-order valence-corrected chi connectivity index (χ3v) is 14.1. The van der Waals surface area contributed by atoms with Crippen molar-refractivity contribution in [1.82, 2.24) is 5.32 Å². The first-order valence-electron chi connectivity index (χ1n) is 26.9. The molecule has 66 heavy (non-hydrogen) atoms. The zero-order valence-corrected chi connectivity index (χ0v) is 42.5. The van der Waals surface area contributed by atoms with E-state index in [1.165, 1.54) is 154 Å². The monoisotopic (exact) mass is 962 g/mol. The lowest BCUT2D eigenvalue weighted by Crippen LogP contribution is -2.64. The Morgan fingerprint density at radius 3 is 1.33 bits per heavy atom. The van der Waals surface area contributed by atoms with Gasteiger partial charge >= 0.3 is 7.82 Å². The number of aliphatic hydroxyl groups is 7. The second-order valence-electron chi connectivity index (χ2n) is 19.3. The highest BCUT2D eigenvalue weighted by molar-refractivity contribution is 7.47. The highest BCUT2D eigenvalue weighted by atomic mass is 31.2. The predicted molar refractivity (Wildman–Crippen MR) is 266 cm³/mol. The summed E-state index contributed by atoms with van der Waals surface area (Å²) in [6.45, 7) is 3.58. The Labute approximate surface area is 401 Å². The number of carbonyl (C=O) groups is 1. The van der Waals surface area contributed by atoms with E-state index in [0.717, 1.165) is 44.9 Å². The van der Waals surface area contributed by atoms with Gasteiger partial charge in [-0.05, 0) is 44.9 Å². The van der Waals surface area contributed by atoms with Crippen LogP contribution in [0, 0.1) is 0 Å². The van der Waals surface area contributed by atoms with Gasteiger partial charge in [-0.25, -0.2) is 4.57 Å². The molecule has 1 aliphatic rings. The lowest BCUT2D eigenvalue weighted by Gasteiger charge is -2.41. The molecule has 9 N–H and O–H groups in total. The first-order valence-corrected chi connectivity index (χ1v) is 28.4. The van der Waals surface area contributed by atoms with Crippen LogP contribution in [0.5, 0.6) is 0 Å². The number of nitrogens with one attached hydrogen (secondary N) is 1. The van der Waals surface area contributed by atoms with Crippen LogP contribution < -0.4 is 5.32 Å². The van der Waals surface area contributed by atoms with Crippen molar-refractivity contribution >= 4 is 13.7 Å². The van der Waals surface area contributed by atoms with Gasteiger partial charge in [0.1, 0.15) is 36.6 Å². The molecule has 1 saturated carbocycles. The molecule has 0 bridgehead atoms. The second-order valence-corrected chi connectivity index (χ2v) is 20.7. The fraction of sp³-hybridized carbons (Fsp3) is 0.904. The van der Waals surface area contributed by atoms with Crippen molar-refractivity contribution in [3.05, 3.63) is 24.3 Å². The van der Waals surface area contributed by atoms with Gasteiger partial charge in [0.05, 0.1) is 31.3 Å². The van der Waals surface area contributed by atoms with Crippen LogP contribution in [0.3, 0.4) is 0 Å². The summed E-state index contributed by atoms with van der Waals surface area (Å²) in [5, 5.41) is 73.9. The van der Waals surface area contributed by atoms with E-state index in [1.807, 2.05) is 6.92 Å². The zero-order valence-electron chi connectivity index (χ0n) is 41.6. The van der Waals surface area contributed by atoms with Crippen molar-refractivity contribution in [1.29, 1.82) is 0 Å². The summed E-state index contributed by atoms with van der Waals surface area (Å²) in [5.74, 6) is -0.570. The fourth-order valence-corrected chi connectivity index (χ4v) is 9.66. The largest absolute Gasteiger partial charge is 0.472 e. The van der Waals surface area contributed by atoms with Gasteiger partial charge in [0.2, 0.25) is 5.91 Å². The Morgan fingerprint density at radius 1 is 0.530 bits per heavy atom. The lowest BCUT2D eigenvalue weighted by molar-refractivity contribution is -0.220. The van der Waals surface area contributed by atoms with E-state index in [2.05, 4.69) is 36.5 Å². The van der Waals surface area contributed by atoms with Crippen molar-refractivity contribution in [2.24, 2.45) is 0 Å². The Morgan fingerprint density at radius 2 is 0.894 bits per heavy atom. The number of phosphoric acid groups is 1. The minimum Gasteiger partial charge on any atom is -0.393 e. The van der Waals surface area contributed by atoms with E-state index in [4.69, 9.17) is 9.05 Å². The maximum atomic E-state index is 12.9. The molecule has 0 spiro atoms. The van der Waals surface area contributed by atoms with Gasteiger partial charge in [0.15, 0.2) is 0 Å². The van der Waals surface area contributed by atoms with E-state index < -0.39 is 75.2 Å². The summed E-state index contributed by atoms with van der Waals surface area (Å²) in [6, 6.07) is -1.15. The molecule has 13 nitrogen and oxygen atoms in total. The molecule has 0 aromatic heterocycles. The van der Waals surface area contributed by atoms with Crippen molar-refractivity contribution in [3.63, 3.8) is 0 Å². The molecule has 14 heteroatoms. The maximum absolute atomic E-state index is 12.9. The Bertz CT molecular complexity index is 1230. The van der Waals surface area contributed by atoms with Gasteiger partial charge in [0, 0.05) is 0 Å². The summed E-state index contributed by atoms with van der Waals surface area (Å²) in [4.78, 5) is 23.2. The third kappa shape index (κ3) is 32.6. The van der Waals surface area contributed by atoms with E-state index in [-0.39, 0.29) is 12.8 Å². The molecule has 0 radical (unpaired) electrons. The van der Waals surface area contributed by atoms with Crippen LogP contribution in [0.15, 0.2) is 24.3 Å². The molecule has 8 unspecified atom stereocenters. The number of rotatable bonds is 45. The first-order chi connectivity index (χ1) is 31.8. The smallest absolute Gasteiger partial charge is 0.393 e. The summed E-state index contributed by atoms with van der Waals surface area (Å²) >= 11 is 0. The number of amides is 1. The Kier molecular flexibility index (Phi) is 39.5. The predicted octanol–water partition coefficient (Wildman–Crippen LogP) is 10.3. The van der Waals surface area contributed by atoms with Gasteiger partial charge < -0.3 is 46.0 Å². The number of aliphatic hydroxyl groups excluding tert-OH is 7. The van der Waals surface area contributed by atoms with Crippen LogP contribution in [0.4, 0.5) is 0 Å². The first kappa shape index (κ1) is 62.8. The summed E-state index contributed by atoms with van der Waals surface area (Å²) < 4.78 is 22.6. The van der Waals surface area contributed by atoms with E-state index in [9.17, 15) is 50.0 Å². The Balaban J connectivity index is 2.06. The molecule has 0 aliphatic heterocycles. The highest BCUT2D eigenvalue weighted by Crippen LogP contribution is 2.47. The van der Waals surface area contributed by atoms with Crippen LogP contribution in [0.25, 0.3) is 0 Å². The minimum atomic E-state index is -5.09. The van der Waals surface area contributed by atoms with E-state index >= 15 is 0 Å². The molecule has 8 atom stereocenters. The average Bonchev–Trinajstić information content (AvgIpc) is 3.29. The van der Waals surface area contributed by atoms with Crippen molar-refractivity contribution in [2.45, 2.75) is 293 Å². The normalized spacial score (nSPS) is 22.5. The van der Waals surface area contributed by atoms with E-state index in [0.29, 0.717) is 12.8 Å². The number of hydrogen-bond acceptors (Lipinski definition) is 11. The topological polar surface area (TPSA) is 226 Å². The molecule has 0 heterocycles. The molecule has 1 fully saturated rings. The quantitative estimate of drug-likeness (QED) is 0.0158. The number of allylic oxidation sites excluding steroid dienone is 4. The van der Waals surface area contributed by atoms with E-state index in [1.54, 1.807) is 0 Å². The zero-order chi connectivity index (χ0) is 48.7. The molecular formula is C52H100NO12P. The SMILES string of the molecule is CCCCCCCCCCCCC/C=C\C/C=C\CCCCCCCCCCCCCCCCCC(O)CC(=O)NC(COP(=O)(O)OC1C(O)C(O)C(O)C(O)C1O)C(O)CCCCC. The highest BCUT2D eigenvalue weighted by Gasteiger charge is 2.51. The number of unbranched alkanes of at least 4 members (excludes halogenated alkanes) is 28. The van der Waals surface area contributed by atoms with Gasteiger partial charge in [-0.15, -0.1) is 0 Å². The molecule has 0 aromatic rings. The summed E-state index contributed by atoms with van der Waals surface area (Å²) in [7, 11) is -5.09. The van der Waals surface area contributed by atoms with Crippen molar-refractivity contribution in [3.8, 4) is 0 Å². The number of phosphoric ester groups is 1. The summed E-state index contributed by atoms with van der Waals surface area (Å²) in [6.07, 6.45) is 35.5. The standard InChI is InChI=1S/C52H100NO12P/c1-3-5-7-8-9-10-11-12-13-14-15-16-17-18-19-20-21-22-23-24-25-26-27-28-29-30-31-32-33-34-35-36-38-39-43(54)41-46(56)53-44(45(55)40-37-6-4-2)42-64-66(62,63)65-52-50(60)48(58)47(57)49(59)51(52)61/h17-18,20-21,43-45,47-52,54-55,57-61H,3-16,19,22-42H2,1-2H3,(H,53,56)(H,62,63)/b18-17-,21-20-. The maximum Gasteiger partial charge on any atom is 0.472 e. The molecule has 1 aliphatic carbocycles. The minimum absolute atomic E-state index is 0.223. The fourth-order valence-electron chi connectivity index (χ4n) is 8.69. The number of hydrogen-bond donors (Lipinski definition) is 9.